The lowest BCUT2D eigenvalue weighted by molar-refractivity contribution is -0.112. The summed E-state index contributed by atoms with van der Waals surface area (Å²) in [6, 6.07) is 0. The van der Waals surface area contributed by atoms with Crippen LogP contribution in [0.25, 0.3) is 0 Å². The van der Waals surface area contributed by atoms with Crippen LogP contribution in [0.4, 0.5) is 0 Å². The maximum atomic E-state index is 12.2. The Labute approximate surface area is 97.9 Å². The van der Waals surface area contributed by atoms with Crippen molar-refractivity contribution in [2.45, 2.75) is 46.0 Å². The van der Waals surface area contributed by atoms with Crippen LogP contribution < -0.4 is 0 Å². The molecule has 86 valence electrons. The molecule has 0 aliphatic heterocycles. The lowest BCUT2D eigenvalue weighted by Gasteiger charge is -2.33. The van der Waals surface area contributed by atoms with E-state index in [2.05, 4.69) is 19.1 Å². The second kappa shape index (κ2) is 4.40. The van der Waals surface area contributed by atoms with Crippen LogP contribution in [0.3, 0.4) is 0 Å². The van der Waals surface area contributed by atoms with Crippen LogP contribution in [0.2, 0.25) is 0 Å². The molecule has 0 bridgehead atoms. The highest BCUT2D eigenvalue weighted by atomic mass is 16.1. The Balaban J connectivity index is 2.41. The summed E-state index contributed by atoms with van der Waals surface area (Å²) >= 11 is 0. The summed E-state index contributed by atoms with van der Waals surface area (Å²) in [4.78, 5) is 12.2. The monoisotopic (exact) mass is 216 g/mol. The summed E-state index contributed by atoms with van der Waals surface area (Å²) in [6.07, 6.45) is 13.9. The SMILES string of the molecule is C/C=C/C(=O)C1=C(C)C=CCC12CCCC2. The summed E-state index contributed by atoms with van der Waals surface area (Å²) in [7, 11) is 0. The van der Waals surface area contributed by atoms with E-state index in [1.807, 2.05) is 13.0 Å². The van der Waals surface area contributed by atoms with E-state index in [-0.39, 0.29) is 11.2 Å². The quantitative estimate of drug-likeness (QED) is 0.638. The smallest absolute Gasteiger partial charge is 0.182 e. The van der Waals surface area contributed by atoms with Gasteiger partial charge in [-0.2, -0.15) is 0 Å². The van der Waals surface area contributed by atoms with Gasteiger partial charge in [-0.25, -0.2) is 0 Å². The minimum atomic E-state index is 0.176. The van der Waals surface area contributed by atoms with Gasteiger partial charge in [-0.05, 0) is 44.8 Å². The Bertz CT molecular complexity index is 376. The third kappa shape index (κ3) is 1.79. The van der Waals surface area contributed by atoms with Crippen molar-refractivity contribution in [1.82, 2.24) is 0 Å². The lowest BCUT2D eigenvalue weighted by Crippen LogP contribution is -2.26. The molecule has 0 radical (unpaired) electrons. The number of rotatable bonds is 2. The van der Waals surface area contributed by atoms with Gasteiger partial charge in [-0.3, -0.25) is 4.79 Å². The Hall–Kier alpha value is -1.11. The zero-order chi connectivity index (χ0) is 11.6. The normalized spacial score (nSPS) is 23.6. The van der Waals surface area contributed by atoms with Crippen LogP contribution in [-0.4, -0.2) is 5.78 Å². The summed E-state index contributed by atoms with van der Waals surface area (Å²) in [5, 5.41) is 0. The van der Waals surface area contributed by atoms with Gasteiger partial charge in [0.1, 0.15) is 0 Å². The Morgan fingerprint density at radius 1 is 1.38 bits per heavy atom. The molecule has 2 rings (SSSR count). The van der Waals surface area contributed by atoms with Gasteiger partial charge >= 0.3 is 0 Å². The van der Waals surface area contributed by atoms with Gasteiger partial charge in [0.05, 0.1) is 0 Å². The van der Waals surface area contributed by atoms with Crippen LogP contribution in [0.5, 0.6) is 0 Å². The number of allylic oxidation sites excluding steroid dienone is 6. The molecule has 0 aromatic rings. The van der Waals surface area contributed by atoms with Crippen molar-refractivity contribution in [3.05, 3.63) is 35.5 Å². The molecule has 0 aromatic carbocycles. The molecular weight excluding hydrogens is 196 g/mol. The summed E-state index contributed by atoms with van der Waals surface area (Å²) < 4.78 is 0. The zero-order valence-electron chi connectivity index (χ0n) is 10.3. The van der Waals surface area contributed by atoms with Crippen molar-refractivity contribution >= 4 is 5.78 Å². The molecule has 1 saturated carbocycles. The van der Waals surface area contributed by atoms with Crippen LogP contribution in [-0.2, 0) is 4.79 Å². The molecule has 1 heteroatoms. The molecule has 0 atom stereocenters. The number of carbonyl (C=O) groups is 1. The first-order valence-electron chi connectivity index (χ1n) is 6.24. The van der Waals surface area contributed by atoms with Crippen LogP contribution in [0.15, 0.2) is 35.5 Å². The predicted octanol–water partition coefficient (Wildman–Crippen LogP) is 3.97. The van der Waals surface area contributed by atoms with E-state index in [1.54, 1.807) is 6.08 Å². The average Bonchev–Trinajstić information content (AvgIpc) is 2.67. The molecule has 0 saturated heterocycles. The first-order chi connectivity index (χ1) is 7.69. The number of hydrogen-bond donors (Lipinski definition) is 0. The highest BCUT2D eigenvalue weighted by Crippen LogP contribution is 2.50. The van der Waals surface area contributed by atoms with Crippen molar-refractivity contribution in [3.63, 3.8) is 0 Å². The van der Waals surface area contributed by atoms with E-state index in [1.165, 1.54) is 31.3 Å². The third-order valence-electron chi connectivity index (χ3n) is 3.93. The minimum absolute atomic E-state index is 0.176. The summed E-state index contributed by atoms with van der Waals surface area (Å²) in [5.74, 6) is 0.228. The molecule has 0 amide bonds. The largest absolute Gasteiger partial charge is 0.290 e. The molecule has 2 aliphatic rings. The fourth-order valence-electron chi connectivity index (χ4n) is 3.26. The molecule has 0 aromatic heterocycles. The van der Waals surface area contributed by atoms with Gasteiger partial charge in [0.25, 0.3) is 0 Å². The van der Waals surface area contributed by atoms with Crippen molar-refractivity contribution < 1.29 is 4.79 Å². The van der Waals surface area contributed by atoms with Gasteiger partial charge in [-0.15, -0.1) is 0 Å². The third-order valence-corrected chi connectivity index (χ3v) is 3.93. The van der Waals surface area contributed by atoms with E-state index >= 15 is 0 Å². The first-order valence-corrected chi connectivity index (χ1v) is 6.24. The molecule has 1 spiro atoms. The maximum Gasteiger partial charge on any atom is 0.182 e. The van der Waals surface area contributed by atoms with Crippen molar-refractivity contribution in [2.24, 2.45) is 5.41 Å². The maximum absolute atomic E-state index is 12.2. The number of ketones is 1. The van der Waals surface area contributed by atoms with Crippen LogP contribution >= 0.6 is 0 Å². The van der Waals surface area contributed by atoms with Crippen LogP contribution in [0.1, 0.15) is 46.0 Å². The molecule has 0 N–H and O–H groups in total. The van der Waals surface area contributed by atoms with E-state index in [0.717, 1.165) is 12.0 Å². The minimum Gasteiger partial charge on any atom is -0.290 e. The molecule has 1 nitrogen and oxygen atoms in total. The van der Waals surface area contributed by atoms with Gasteiger partial charge in [0.2, 0.25) is 0 Å². The second-order valence-corrected chi connectivity index (χ2v) is 5.02. The molecule has 2 aliphatic carbocycles. The standard InChI is InChI=1S/C15H20O/c1-3-7-13(16)14-12(2)8-6-11-15(14)9-4-5-10-15/h3,6-8H,4-5,9-11H2,1-2H3/b7-3+. The van der Waals surface area contributed by atoms with Gasteiger partial charge in [0, 0.05) is 11.0 Å². The van der Waals surface area contributed by atoms with E-state index < -0.39 is 0 Å². The zero-order valence-corrected chi connectivity index (χ0v) is 10.3. The van der Waals surface area contributed by atoms with Crippen molar-refractivity contribution in [3.8, 4) is 0 Å². The van der Waals surface area contributed by atoms with Crippen LogP contribution in [0, 0.1) is 5.41 Å². The highest BCUT2D eigenvalue weighted by molar-refractivity contribution is 6.06. The molecule has 0 unspecified atom stereocenters. The number of carbonyl (C=O) groups excluding carboxylic acids is 1. The fraction of sp³-hybridized carbons (Fsp3) is 0.533. The van der Waals surface area contributed by atoms with E-state index in [0.29, 0.717) is 0 Å². The van der Waals surface area contributed by atoms with Gasteiger partial charge < -0.3 is 0 Å². The highest BCUT2D eigenvalue weighted by Gasteiger charge is 2.40. The van der Waals surface area contributed by atoms with Crippen molar-refractivity contribution in [1.29, 1.82) is 0 Å². The second-order valence-electron chi connectivity index (χ2n) is 5.02. The molecule has 0 heterocycles. The van der Waals surface area contributed by atoms with E-state index in [4.69, 9.17) is 0 Å². The number of hydrogen-bond acceptors (Lipinski definition) is 1. The molecular formula is C15H20O. The summed E-state index contributed by atoms with van der Waals surface area (Å²) in [5.41, 5.74) is 2.44. The lowest BCUT2D eigenvalue weighted by atomic mass is 9.69. The Morgan fingerprint density at radius 3 is 2.69 bits per heavy atom. The van der Waals surface area contributed by atoms with Crippen molar-refractivity contribution in [2.75, 3.05) is 0 Å². The Kier molecular flexibility index (Phi) is 3.13. The van der Waals surface area contributed by atoms with Gasteiger partial charge in [-0.1, -0.05) is 31.1 Å². The topological polar surface area (TPSA) is 17.1 Å². The summed E-state index contributed by atoms with van der Waals surface area (Å²) in [6.45, 7) is 3.99. The Morgan fingerprint density at radius 2 is 2.06 bits per heavy atom. The predicted molar refractivity (Wildman–Crippen MR) is 67.2 cm³/mol. The average molecular weight is 216 g/mol. The molecule has 1 fully saturated rings. The van der Waals surface area contributed by atoms with E-state index in [9.17, 15) is 4.79 Å². The van der Waals surface area contributed by atoms with Gasteiger partial charge in [0.15, 0.2) is 5.78 Å². The molecule has 16 heavy (non-hydrogen) atoms. The first kappa shape index (κ1) is 11.4. The fourth-order valence-corrected chi connectivity index (χ4v) is 3.26.